The molecule has 1 aliphatic heterocycles. The molecule has 1 aromatic carbocycles. The van der Waals surface area contributed by atoms with Gasteiger partial charge in [-0.25, -0.2) is 5.90 Å². The summed E-state index contributed by atoms with van der Waals surface area (Å²) in [5.41, 5.74) is 2.34. The molecule has 0 aromatic heterocycles. The van der Waals surface area contributed by atoms with Crippen molar-refractivity contribution in [2.24, 2.45) is 5.90 Å². The highest BCUT2D eigenvalue weighted by Crippen LogP contribution is 2.28. The minimum Gasteiger partial charge on any atom is -0.374 e. The van der Waals surface area contributed by atoms with Crippen molar-refractivity contribution >= 4 is 0 Å². The van der Waals surface area contributed by atoms with Crippen LogP contribution in [-0.2, 0) is 16.2 Å². The van der Waals surface area contributed by atoms with Crippen molar-refractivity contribution in [3.8, 4) is 0 Å². The largest absolute Gasteiger partial charge is 0.374 e. The maximum Gasteiger partial charge on any atom is 0.0930 e. The van der Waals surface area contributed by atoms with Crippen molar-refractivity contribution in [2.75, 3.05) is 6.61 Å². The third kappa shape index (κ3) is 2.12. The van der Waals surface area contributed by atoms with Crippen molar-refractivity contribution in [3.63, 3.8) is 0 Å². The first-order valence-electron chi connectivity index (χ1n) is 4.92. The van der Waals surface area contributed by atoms with Gasteiger partial charge in [0.15, 0.2) is 0 Å². The van der Waals surface area contributed by atoms with E-state index in [1.54, 1.807) is 0 Å². The van der Waals surface area contributed by atoms with Crippen LogP contribution in [0.3, 0.4) is 0 Å². The van der Waals surface area contributed by atoms with Crippen LogP contribution < -0.4 is 5.90 Å². The van der Waals surface area contributed by atoms with Crippen LogP contribution in [0.2, 0.25) is 0 Å². The fraction of sp³-hybridized carbons (Fsp3) is 0.455. The molecular weight excluding hydrogens is 178 g/mol. The normalized spacial score (nSPS) is 21.4. The molecule has 1 saturated heterocycles. The molecule has 0 aliphatic carbocycles. The molecule has 2 rings (SSSR count). The zero-order valence-corrected chi connectivity index (χ0v) is 8.11. The Labute approximate surface area is 83.8 Å². The molecule has 2 N–H and O–H groups in total. The third-order valence-corrected chi connectivity index (χ3v) is 2.53. The quantitative estimate of drug-likeness (QED) is 0.746. The molecule has 76 valence electrons. The summed E-state index contributed by atoms with van der Waals surface area (Å²) in [6.07, 6.45) is 2.59. The van der Waals surface area contributed by atoms with Gasteiger partial charge in [0.1, 0.15) is 0 Å². The Morgan fingerprint density at radius 3 is 2.71 bits per heavy atom. The van der Waals surface area contributed by atoms with Crippen molar-refractivity contribution in [3.05, 3.63) is 35.4 Å². The standard InChI is InChI=1S/C11H15NO2/c12-14-8-9-3-5-10(6-4-9)11-2-1-7-13-11/h3-6,11H,1-2,7-8,12H2. The van der Waals surface area contributed by atoms with E-state index in [1.807, 2.05) is 12.1 Å². The summed E-state index contributed by atoms with van der Waals surface area (Å²) < 4.78 is 5.58. The summed E-state index contributed by atoms with van der Waals surface area (Å²) in [6.45, 7) is 1.35. The summed E-state index contributed by atoms with van der Waals surface area (Å²) in [6, 6.07) is 8.24. The highest BCUT2D eigenvalue weighted by atomic mass is 16.6. The van der Waals surface area contributed by atoms with Gasteiger partial charge in [-0.3, -0.25) is 4.84 Å². The number of hydrogen-bond donors (Lipinski definition) is 1. The summed E-state index contributed by atoms with van der Waals surface area (Å²) in [5, 5.41) is 0. The fourth-order valence-electron chi connectivity index (χ4n) is 1.77. The van der Waals surface area contributed by atoms with E-state index in [0.29, 0.717) is 12.7 Å². The highest BCUT2D eigenvalue weighted by molar-refractivity contribution is 5.24. The van der Waals surface area contributed by atoms with Gasteiger partial charge in [-0.15, -0.1) is 0 Å². The summed E-state index contributed by atoms with van der Waals surface area (Å²) >= 11 is 0. The number of nitrogens with two attached hydrogens (primary N) is 1. The van der Waals surface area contributed by atoms with Crippen LogP contribution >= 0.6 is 0 Å². The van der Waals surface area contributed by atoms with E-state index < -0.39 is 0 Å². The molecule has 0 radical (unpaired) electrons. The molecule has 1 heterocycles. The average molecular weight is 193 g/mol. The molecule has 0 saturated carbocycles. The van der Waals surface area contributed by atoms with Gasteiger partial charge in [0.25, 0.3) is 0 Å². The lowest BCUT2D eigenvalue weighted by atomic mass is 10.1. The van der Waals surface area contributed by atoms with Crippen LogP contribution in [-0.4, -0.2) is 6.61 Å². The maximum atomic E-state index is 5.58. The second-order valence-electron chi connectivity index (χ2n) is 3.55. The van der Waals surface area contributed by atoms with E-state index in [0.717, 1.165) is 18.6 Å². The van der Waals surface area contributed by atoms with E-state index in [4.69, 9.17) is 10.6 Å². The molecule has 0 amide bonds. The zero-order chi connectivity index (χ0) is 9.80. The Morgan fingerprint density at radius 2 is 2.14 bits per heavy atom. The maximum absolute atomic E-state index is 5.58. The lowest BCUT2D eigenvalue weighted by Crippen LogP contribution is -2.00. The smallest absolute Gasteiger partial charge is 0.0930 e. The van der Waals surface area contributed by atoms with Crippen LogP contribution in [0.4, 0.5) is 0 Å². The van der Waals surface area contributed by atoms with Crippen LogP contribution in [0.5, 0.6) is 0 Å². The molecule has 3 nitrogen and oxygen atoms in total. The Bertz CT molecular complexity index is 278. The third-order valence-electron chi connectivity index (χ3n) is 2.53. The molecule has 1 unspecified atom stereocenters. The van der Waals surface area contributed by atoms with Crippen LogP contribution in [0.1, 0.15) is 30.1 Å². The SMILES string of the molecule is NOCc1ccc(C2CCCO2)cc1. The Kier molecular flexibility index (Phi) is 3.14. The van der Waals surface area contributed by atoms with Crippen LogP contribution in [0.25, 0.3) is 0 Å². The zero-order valence-electron chi connectivity index (χ0n) is 8.11. The first-order valence-corrected chi connectivity index (χ1v) is 4.92. The molecule has 1 aliphatic rings. The Balaban J connectivity index is 2.05. The predicted octanol–water partition coefficient (Wildman–Crippen LogP) is 1.93. The minimum absolute atomic E-state index is 0.294. The van der Waals surface area contributed by atoms with Crippen molar-refractivity contribution in [1.29, 1.82) is 0 Å². The van der Waals surface area contributed by atoms with Gasteiger partial charge in [0.2, 0.25) is 0 Å². The van der Waals surface area contributed by atoms with E-state index in [1.165, 1.54) is 12.0 Å². The molecule has 1 atom stereocenters. The van der Waals surface area contributed by atoms with Gasteiger partial charge in [0, 0.05) is 6.61 Å². The minimum atomic E-state index is 0.294. The highest BCUT2D eigenvalue weighted by Gasteiger charge is 2.16. The van der Waals surface area contributed by atoms with Gasteiger partial charge in [-0.2, -0.15) is 0 Å². The van der Waals surface area contributed by atoms with Gasteiger partial charge in [-0.1, -0.05) is 24.3 Å². The Morgan fingerprint density at radius 1 is 1.36 bits per heavy atom. The molecular formula is C11H15NO2. The van der Waals surface area contributed by atoms with Crippen LogP contribution in [0.15, 0.2) is 24.3 Å². The van der Waals surface area contributed by atoms with Crippen molar-refractivity contribution in [2.45, 2.75) is 25.6 Å². The second kappa shape index (κ2) is 4.55. The molecule has 0 bridgehead atoms. The topological polar surface area (TPSA) is 44.5 Å². The molecule has 0 spiro atoms. The van der Waals surface area contributed by atoms with E-state index >= 15 is 0 Å². The summed E-state index contributed by atoms with van der Waals surface area (Å²) in [7, 11) is 0. The number of benzene rings is 1. The molecule has 3 heteroatoms. The number of rotatable bonds is 3. The van der Waals surface area contributed by atoms with Crippen molar-refractivity contribution in [1.82, 2.24) is 0 Å². The van der Waals surface area contributed by atoms with E-state index in [9.17, 15) is 0 Å². The van der Waals surface area contributed by atoms with Gasteiger partial charge in [-0.05, 0) is 24.0 Å². The lowest BCUT2D eigenvalue weighted by molar-refractivity contribution is 0.111. The number of ether oxygens (including phenoxy) is 1. The van der Waals surface area contributed by atoms with Gasteiger partial charge in [0.05, 0.1) is 12.7 Å². The molecule has 1 aromatic rings. The van der Waals surface area contributed by atoms with Gasteiger partial charge >= 0.3 is 0 Å². The van der Waals surface area contributed by atoms with E-state index in [2.05, 4.69) is 17.0 Å². The average Bonchev–Trinajstić information content (AvgIpc) is 2.72. The number of hydrogen-bond acceptors (Lipinski definition) is 3. The summed E-state index contributed by atoms with van der Waals surface area (Å²) in [4.78, 5) is 4.56. The summed E-state index contributed by atoms with van der Waals surface area (Å²) in [5.74, 6) is 5.00. The first kappa shape index (κ1) is 9.65. The molecule has 14 heavy (non-hydrogen) atoms. The van der Waals surface area contributed by atoms with Crippen LogP contribution in [0, 0.1) is 0 Å². The first-order chi connectivity index (χ1) is 6.90. The molecule has 1 fully saturated rings. The van der Waals surface area contributed by atoms with Gasteiger partial charge < -0.3 is 4.74 Å². The Hall–Kier alpha value is -0.900. The van der Waals surface area contributed by atoms with E-state index in [-0.39, 0.29) is 0 Å². The van der Waals surface area contributed by atoms with Crippen molar-refractivity contribution < 1.29 is 9.57 Å². The second-order valence-corrected chi connectivity index (χ2v) is 3.55. The lowest BCUT2D eigenvalue weighted by Gasteiger charge is -2.09. The monoisotopic (exact) mass is 193 g/mol. The fourth-order valence-corrected chi connectivity index (χ4v) is 1.77. The predicted molar refractivity (Wildman–Crippen MR) is 53.3 cm³/mol.